The van der Waals surface area contributed by atoms with Crippen molar-refractivity contribution in [3.05, 3.63) is 61.3 Å². The summed E-state index contributed by atoms with van der Waals surface area (Å²) in [6.45, 7) is 11.7. The number of hydrogen-bond acceptors (Lipinski definition) is 6. The van der Waals surface area contributed by atoms with E-state index in [1.165, 1.54) is 0 Å². The van der Waals surface area contributed by atoms with Gasteiger partial charge in [-0.15, -0.1) is 0 Å². The highest BCUT2D eigenvalue weighted by atomic mass is 32.2. The van der Waals surface area contributed by atoms with E-state index in [0.29, 0.717) is 13.1 Å². The number of rotatable bonds is 6. The van der Waals surface area contributed by atoms with Crippen LogP contribution < -0.4 is 0 Å². The summed E-state index contributed by atoms with van der Waals surface area (Å²) < 4.78 is 24.4. The summed E-state index contributed by atoms with van der Waals surface area (Å²) in [5.74, 6) is 0. The number of benzene rings is 1. The van der Waals surface area contributed by atoms with Gasteiger partial charge in [0.25, 0.3) is 0 Å². The van der Waals surface area contributed by atoms with Crippen LogP contribution in [0.4, 0.5) is 0 Å². The Balaban J connectivity index is 1.46. The molecule has 4 heterocycles. The molecule has 198 valence electrons. The van der Waals surface area contributed by atoms with E-state index in [2.05, 4.69) is 55.0 Å². The molecule has 38 heavy (non-hydrogen) atoms. The molecule has 1 unspecified atom stereocenters. The van der Waals surface area contributed by atoms with Crippen molar-refractivity contribution in [2.45, 2.75) is 50.9 Å². The highest BCUT2D eigenvalue weighted by molar-refractivity contribution is 7.91. The molecule has 0 radical (unpaired) electrons. The fourth-order valence-corrected chi connectivity index (χ4v) is 10.5. The van der Waals surface area contributed by atoms with Crippen molar-refractivity contribution >= 4 is 29.2 Å². The van der Waals surface area contributed by atoms with Gasteiger partial charge in [-0.25, -0.2) is 18.5 Å². The Morgan fingerprint density at radius 3 is 2.53 bits per heavy atom. The van der Waals surface area contributed by atoms with Gasteiger partial charge >= 0.3 is 0 Å². The number of hydrogen-bond donors (Lipinski definition) is 0. The quantitative estimate of drug-likeness (QED) is 0.308. The molecular formula is C27H34N8OSSi. The zero-order valence-corrected chi connectivity index (χ0v) is 24.6. The zero-order chi connectivity index (χ0) is 27.3. The Bertz CT molecular complexity index is 1650. The first-order valence-electron chi connectivity index (χ1n) is 12.7. The SMILES string of the molecule is CC(C)(C)[Si](C)(C)N=S(C)(=O)N1CC(CC#N)(n2cc(-c3ncnc4c3ccn4-c3ccccc3)cn2)C1. The standard InChI is InChI=1S/C27H34N8OSSi/c1-26(2,3)38(5,6)32-37(4,36)33-18-27(19-33,13-14-28)35-17-21(16-31-35)24-23-12-15-34(25(23)30-20-29-24)22-10-8-7-9-11-22/h7-12,15-17,20H,13,18-19H2,1-6H3. The van der Waals surface area contributed by atoms with Crippen LogP contribution in [0.1, 0.15) is 27.2 Å². The molecule has 11 heteroatoms. The molecule has 1 aromatic carbocycles. The molecule has 0 N–H and O–H groups in total. The number of aromatic nitrogens is 5. The Labute approximate surface area is 225 Å². The Kier molecular flexibility index (Phi) is 6.33. The highest BCUT2D eigenvalue weighted by Gasteiger charge is 2.49. The molecule has 1 aliphatic heterocycles. The molecule has 4 aromatic rings. The van der Waals surface area contributed by atoms with E-state index in [9.17, 15) is 9.47 Å². The molecule has 1 aliphatic rings. The van der Waals surface area contributed by atoms with Gasteiger partial charge in [-0.2, -0.15) is 10.4 Å². The lowest BCUT2D eigenvalue weighted by Crippen LogP contribution is -2.64. The summed E-state index contributed by atoms with van der Waals surface area (Å²) in [6, 6.07) is 14.4. The van der Waals surface area contributed by atoms with E-state index >= 15 is 0 Å². The van der Waals surface area contributed by atoms with Crippen molar-refractivity contribution in [1.29, 1.82) is 5.26 Å². The lowest BCUT2D eigenvalue weighted by Gasteiger charge is -2.49. The topological polar surface area (TPSA) is 105 Å². The molecule has 0 spiro atoms. The van der Waals surface area contributed by atoms with E-state index in [4.69, 9.17) is 4.03 Å². The maximum Gasteiger partial charge on any atom is 0.194 e. The van der Waals surface area contributed by atoms with Crippen molar-refractivity contribution < 1.29 is 4.21 Å². The van der Waals surface area contributed by atoms with Gasteiger partial charge in [0.1, 0.15) is 17.5 Å². The second-order valence-corrected chi connectivity index (χ2v) is 19.1. The fourth-order valence-electron chi connectivity index (χ4n) is 4.64. The van der Waals surface area contributed by atoms with E-state index < -0.39 is 23.7 Å². The first kappa shape index (κ1) is 26.3. The summed E-state index contributed by atoms with van der Waals surface area (Å²) in [5, 5.41) is 15.3. The van der Waals surface area contributed by atoms with Crippen LogP contribution in [0.3, 0.4) is 0 Å². The van der Waals surface area contributed by atoms with Gasteiger partial charge in [-0.3, -0.25) is 8.71 Å². The molecule has 0 aliphatic carbocycles. The first-order valence-corrected chi connectivity index (χ1v) is 17.5. The van der Waals surface area contributed by atoms with Gasteiger partial charge in [0.2, 0.25) is 0 Å². The van der Waals surface area contributed by atoms with Crippen LogP contribution in [0, 0.1) is 11.3 Å². The van der Waals surface area contributed by atoms with Crippen LogP contribution in [0.15, 0.2) is 65.3 Å². The molecule has 1 saturated heterocycles. The van der Waals surface area contributed by atoms with Crippen LogP contribution in [0.2, 0.25) is 18.1 Å². The van der Waals surface area contributed by atoms with Gasteiger partial charge in [0.15, 0.2) is 8.24 Å². The predicted octanol–water partition coefficient (Wildman–Crippen LogP) is 5.23. The zero-order valence-electron chi connectivity index (χ0n) is 22.8. The molecule has 3 aromatic heterocycles. The second-order valence-electron chi connectivity index (χ2n) is 11.7. The maximum atomic E-state index is 13.7. The largest absolute Gasteiger partial charge is 0.301 e. The van der Waals surface area contributed by atoms with Gasteiger partial charge in [-0.05, 0) is 36.3 Å². The normalized spacial score (nSPS) is 17.5. The summed E-state index contributed by atoms with van der Waals surface area (Å²) in [5.41, 5.74) is 2.91. The molecule has 5 rings (SSSR count). The molecule has 0 amide bonds. The van der Waals surface area contributed by atoms with E-state index in [-0.39, 0.29) is 11.5 Å². The average Bonchev–Trinajstić information content (AvgIpc) is 3.48. The Hall–Kier alpha value is -3.33. The number of fused-ring (bicyclic) bond motifs is 1. The minimum absolute atomic E-state index is 0.000495. The Morgan fingerprint density at radius 2 is 1.87 bits per heavy atom. The number of nitriles is 1. The second kappa shape index (κ2) is 9.15. The van der Waals surface area contributed by atoms with Gasteiger partial charge in [0.05, 0.1) is 34.3 Å². The van der Waals surface area contributed by atoms with Crippen LogP contribution in [0.25, 0.3) is 28.0 Å². The minimum Gasteiger partial charge on any atom is -0.301 e. The van der Waals surface area contributed by atoms with Crippen molar-refractivity contribution in [2.75, 3.05) is 19.3 Å². The minimum atomic E-state index is -2.56. The molecule has 1 fully saturated rings. The molecular weight excluding hydrogens is 513 g/mol. The molecule has 0 bridgehead atoms. The van der Waals surface area contributed by atoms with Crippen molar-refractivity contribution in [3.8, 4) is 23.0 Å². The van der Waals surface area contributed by atoms with Gasteiger partial charge < -0.3 is 4.57 Å². The van der Waals surface area contributed by atoms with Gasteiger partial charge in [-0.1, -0.05) is 39.0 Å². The van der Waals surface area contributed by atoms with Crippen LogP contribution in [0.5, 0.6) is 0 Å². The summed E-state index contributed by atoms with van der Waals surface area (Å²) in [6.07, 6.45) is 9.29. The monoisotopic (exact) mass is 546 g/mol. The van der Waals surface area contributed by atoms with Crippen LogP contribution >= 0.6 is 0 Å². The van der Waals surface area contributed by atoms with Crippen molar-refractivity contribution in [2.24, 2.45) is 4.03 Å². The highest BCUT2D eigenvalue weighted by Crippen LogP contribution is 2.40. The van der Waals surface area contributed by atoms with Crippen molar-refractivity contribution in [1.82, 2.24) is 28.6 Å². The predicted molar refractivity (Wildman–Crippen MR) is 154 cm³/mol. The number of nitrogens with zero attached hydrogens (tertiary/aromatic N) is 8. The van der Waals surface area contributed by atoms with E-state index in [1.54, 1.807) is 18.8 Å². The third-order valence-electron chi connectivity index (χ3n) is 7.92. The van der Waals surface area contributed by atoms with Crippen LogP contribution in [-0.2, 0) is 15.5 Å². The van der Waals surface area contributed by atoms with Crippen LogP contribution in [-0.4, -0.2) is 60.4 Å². The summed E-state index contributed by atoms with van der Waals surface area (Å²) in [7, 11) is -4.68. The Morgan fingerprint density at radius 1 is 1.16 bits per heavy atom. The van der Waals surface area contributed by atoms with E-state index in [1.807, 2.05) is 62.3 Å². The average molecular weight is 547 g/mol. The van der Waals surface area contributed by atoms with Gasteiger partial charge in [0, 0.05) is 48.4 Å². The summed E-state index contributed by atoms with van der Waals surface area (Å²) >= 11 is 0. The lowest BCUT2D eigenvalue weighted by atomic mass is 9.89. The fraction of sp³-hybridized carbons (Fsp3) is 0.407. The molecule has 9 nitrogen and oxygen atoms in total. The van der Waals surface area contributed by atoms with Crippen molar-refractivity contribution in [3.63, 3.8) is 0 Å². The molecule has 1 atom stereocenters. The van der Waals surface area contributed by atoms with E-state index in [0.717, 1.165) is 28.0 Å². The first-order chi connectivity index (χ1) is 17.9. The number of para-hydroxylation sites is 1. The third kappa shape index (κ3) is 4.46. The maximum absolute atomic E-state index is 13.7. The molecule has 0 saturated carbocycles. The smallest absolute Gasteiger partial charge is 0.194 e. The lowest BCUT2D eigenvalue weighted by molar-refractivity contribution is 0.0755. The third-order valence-corrected chi connectivity index (χ3v) is 16.0. The summed E-state index contributed by atoms with van der Waals surface area (Å²) in [4.78, 5) is 9.11.